The van der Waals surface area contributed by atoms with Crippen LogP contribution >= 0.6 is 11.6 Å². The smallest absolute Gasteiger partial charge is 0.321 e. The van der Waals surface area contributed by atoms with Gasteiger partial charge in [-0.05, 0) is 31.4 Å². The minimum Gasteiger partial charge on any atom is -0.396 e. The van der Waals surface area contributed by atoms with Gasteiger partial charge >= 0.3 is 6.03 Å². The number of nitrogens with one attached hydrogen (secondary N) is 1. The van der Waals surface area contributed by atoms with Crippen LogP contribution in [0.4, 0.5) is 10.5 Å². The number of aryl methyl sites for hydroxylation is 1. The molecule has 0 aliphatic carbocycles. The highest BCUT2D eigenvalue weighted by molar-refractivity contribution is 6.34. The molecule has 0 heterocycles. The molecule has 0 bridgehead atoms. The maximum Gasteiger partial charge on any atom is 0.321 e. The molecular weight excluding hydrogens is 276 g/mol. The summed E-state index contributed by atoms with van der Waals surface area (Å²) in [6, 6.07) is 5.39. The van der Waals surface area contributed by atoms with Crippen LogP contribution in [-0.2, 0) is 0 Å². The van der Waals surface area contributed by atoms with E-state index in [1.54, 1.807) is 11.0 Å². The second kappa shape index (κ2) is 8.82. The van der Waals surface area contributed by atoms with E-state index in [0.29, 0.717) is 30.2 Å². The molecule has 20 heavy (non-hydrogen) atoms. The maximum absolute atomic E-state index is 12.3. The predicted octanol–water partition coefficient (Wildman–Crippen LogP) is 3.66. The summed E-state index contributed by atoms with van der Waals surface area (Å²) in [5.41, 5.74) is 1.56. The quantitative estimate of drug-likeness (QED) is 0.807. The van der Waals surface area contributed by atoms with E-state index >= 15 is 0 Å². The summed E-state index contributed by atoms with van der Waals surface area (Å²) in [4.78, 5) is 14.0. The van der Waals surface area contributed by atoms with Gasteiger partial charge in [0.25, 0.3) is 0 Å². The molecule has 0 saturated heterocycles. The molecule has 4 nitrogen and oxygen atoms in total. The van der Waals surface area contributed by atoms with Gasteiger partial charge in [0.1, 0.15) is 0 Å². The zero-order chi connectivity index (χ0) is 15.0. The number of unbranched alkanes of at least 4 members (excludes halogenated alkanes) is 1. The van der Waals surface area contributed by atoms with E-state index in [1.807, 2.05) is 19.1 Å². The number of rotatable bonds is 7. The molecule has 0 aliphatic heterocycles. The molecule has 0 spiro atoms. The lowest BCUT2D eigenvalue weighted by Crippen LogP contribution is -2.37. The Morgan fingerprint density at radius 3 is 2.70 bits per heavy atom. The molecule has 2 amide bonds. The van der Waals surface area contributed by atoms with Crippen molar-refractivity contribution in [1.29, 1.82) is 0 Å². The van der Waals surface area contributed by atoms with Gasteiger partial charge in [-0.25, -0.2) is 4.79 Å². The highest BCUT2D eigenvalue weighted by atomic mass is 35.5. The first-order valence-corrected chi connectivity index (χ1v) is 7.39. The minimum absolute atomic E-state index is 0.0844. The molecule has 2 N–H and O–H groups in total. The average molecular weight is 299 g/mol. The van der Waals surface area contributed by atoms with Crippen molar-refractivity contribution in [2.24, 2.45) is 0 Å². The minimum atomic E-state index is -0.167. The number of carbonyl (C=O) groups excluding carboxylic acids is 1. The molecule has 1 aromatic carbocycles. The third-order valence-electron chi connectivity index (χ3n) is 3.09. The first-order valence-electron chi connectivity index (χ1n) is 7.02. The third kappa shape index (κ3) is 5.02. The molecule has 0 radical (unpaired) electrons. The zero-order valence-corrected chi connectivity index (χ0v) is 12.9. The van der Waals surface area contributed by atoms with Crippen molar-refractivity contribution in [2.45, 2.75) is 33.1 Å². The lowest BCUT2D eigenvalue weighted by Gasteiger charge is -2.23. The summed E-state index contributed by atoms with van der Waals surface area (Å²) < 4.78 is 0. The van der Waals surface area contributed by atoms with Crippen LogP contribution in [0.15, 0.2) is 18.2 Å². The summed E-state index contributed by atoms with van der Waals surface area (Å²) in [6.45, 7) is 5.30. The molecule has 0 saturated carbocycles. The number of nitrogens with zero attached hydrogens (tertiary/aromatic N) is 1. The van der Waals surface area contributed by atoms with E-state index in [0.717, 1.165) is 18.4 Å². The molecule has 0 unspecified atom stereocenters. The van der Waals surface area contributed by atoms with Gasteiger partial charge < -0.3 is 15.3 Å². The number of carbonyl (C=O) groups is 1. The highest BCUT2D eigenvalue weighted by Crippen LogP contribution is 2.25. The van der Waals surface area contributed by atoms with E-state index in [-0.39, 0.29) is 12.6 Å². The van der Waals surface area contributed by atoms with Gasteiger partial charge in [-0.2, -0.15) is 0 Å². The van der Waals surface area contributed by atoms with Crippen molar-refractivity contribution in [3.8, 4) is 0 Å². The molecule has 0 aliphatic rings. The first-order chi connectivity index (χ1) is 9.60. The fraction of sp³-hybridized carbons (Fsp3) is 0.533. The fourth-order valence-electron chi connectivity index (χ4n) is 1.86. The lowest BCUT2D eigenvalue weighted by molar-refractivity contribution is 0.201. The molecule has 1 aromatic rings. The standard InChI is InChI=1S/C15H23ClN2O2/c1-3-4-9-18(10-6-11-19)15(20)17-13-8-5-7-12(2)14(13)16/h5,7-8,19H,3-4,6,9-11H2,1-2H3,(H,17,20). The Hall–Kier alpha value is -1.26. The summed E-state index contributed by atoms with van der Waals surface area (Å²) in [7, 11) is 0. The van der Waals surface area contributed by atoms with Crippen LogP contribution < -0.4 is 5.32 Å². The monoisotopic (exact) mass is 298 g/mol. The number of hydrogen-bond donors (Lipinski definition) is 2. The molecule has 5 heteroatoms. The van der Waals surface area contributed by atoms with E-state index < -0.39 is 0 Å². The van der Waals surface area contributed by atoms with Crippen LogP contribution in [-0.4, -0.2) is 35.7 Å². The molecular formula is C15H23ClN2O2. The lowest BCUT2D eigenvalue weighted by atomic mass is 10.2. The van der Waals surface area contributed by atoms with Crippen LogP contribution in [0.25, 0.3) is 0 Å². The molecule has 112 valence electrons. The Kier molecular flexibility index (Phi) is 7.41. The highest BCUT2D eigenvalue weighted by Gasteiger charge is 2.14. The normalized spacial score (nSPS) is 10.4. The third-order valence-corrected chi connectivity index (χ3v) is 3.59. The van der Waals surface area contributed by atoms with E-state index in [4.69, 9.17) is 16.7 Å². The van der Waals surface area contributed by atoms with Gasteiger partial charge in [0.2, 0.25) is 0 Å². The zero-order valence-electron chi connectivity index (χ0n) is 12.2. The van der Waals surface area contributed by atoms with Gasteiger partial charge in [0.05, 0.1) is 10.7 Å². The Morgan fingerprint density at radius 2 is 2.05 bits per heavy atom. The van der Waals surface area contributed by atoms with E-state index in [2.05, 4.69) is 12.2 Å². The van der Waals surface area contributed by atoms with Crippen LogP contribution in [0.1, 0.15) is 31.7 Å². The van der Waals surface area contributed by atoms with Crippen molar-refractivity contribution >= 4 is 23.3 Å². The number of aliphatic hydroxyl groups excluding tert-OH is 1. The number of benzene rings is 1. The molecule has 1 rings (SSSR count). The van der Waals surface area contributed by atoms with Crippen LogP contribution in [0, 0.1) is 6.92 Å². The summed E-state index contributed by atoms with van der Waals surface area (Å²) in [6.07, 6.45) is 2.55. The number of urea groups is 1. The van der Waals surface area contributed by atoms with Crippen LogP contribution in [0.5, 0.6) is 0 Å². The van der Waals surface area contributed by atoms with Gasteiger partial charge in [0, 0.05) is 19.7 Å². The van der Waals surface area contributed by atoms with Gasteiger partial charge in [0.15, 0.2) is 0 Å². The Labute approximate surface area is 125 Å². The second-order valence-corrected chi connectivity index (χ2v) is 5.16. The number of amides is 2. The van der Waals surface area contributed by atoms with Crippen LogP contribution in [0.2, 0.25) is 5.02 Å². The molecule has 0 atom stereocenters. The Morgan fingerprint density at radius 1 is 1.35 bits per heavy atom. The molecule has 0 aromatic heterocycles. The summed E-state index contributed by atoms with van der Waals surface area (Å²) in [5, 5.41) is 12.3. The van der Waals surface area contributed by atoms with Gasteiger partial charge in [-0.1, -0.05) is 37.1 Å². The second-order valence-electron chi connectivity index (χ2n) is 4.78. The summed E-state index contributed by atoms with van der Waals surface area (Å²) in [5.74, 6) is 0. The van der Waals surface area contributed by atoms with Crippen molar-refractivity contribution in [3.63, 3.8) is 0 Å². The predicted molar refractivity (Wildman–Crippen MR) is 83.4 cm³/mol. The van der Waals surface area contributed by atoms with Crippen molar-refractivity contribution in [3.05, 3.63) is 28.8 Å². The largest absolute Gasteiger partial charge is 0.396 e. The van der Waals surface area contributed by atoms with E-state index in [1.165, 1.54) is 0 Å². The fourth-order valence-corrected chi connectivity index (χ4v) is 2.04. The van der Waals surface area contributed by atoms with Gasteiger partial charge in [-0.3, -0.25) is 0 Å². The van der Waals surface area contributed by atoms with E-state index in [9.17, 15) is 4.79 Å². The SMILES string of the molecule is CCCCN(CCCO)C(=O)Nc1cccc(C)c1Cl. The van der Waals surface area contributed by atoms with Crippen molar-refractivity contribution in [1.82, 2.24) is 4.90 Å². The number of hydrogen-bond acceptors (Lipinski definition) is 2. The summed E-state index contributed by atoms with van der Waals surface area (Å²) >= 11 is 6.18. The average Bonchev–Trinajstić information content (AvgIpc) is 2.44. The first kappa shape index (κ1) is 16.8. The topological polar surface area (TPSA) is 52.6 Å². The van der Waals surface area contributed by atoms with Crippen molar-refractivity contribution < 1.29 is 9.90 Å². The number of halogens is 1. The van der Waals surface area contributed by atoms with Gasteiger partial charge in [-0.15, -0.1) is 0 Å². The van der Waals surface area contributed by atoms with Crippen LogP contribution in [0.3, 0.4) is 0 Å². The molecule has 0 fully saturated rings. The number of anilines is 1. The Balaban J connectivity index is 2.71. The maximum atomic E-state index is 12.3. The Bertz CT molecular complexity index is 430. The van der Waals surface area contributed by atoms with Crippen molar-refractivity contribution in [2.75, 3.05) is 25.0 Å². The number of aliphatic hydroxyl groups is 1.